The number of ether oxygens (including phenoxy) is 2. The second-order valence-corrected chi connectivity index (χ2v) is 5.54. The zero-order valence-corrected chi connectivity index (χ0v) is 14.3. The molecule has 1 atom stereocenters. The third kappa shape index (κ3) is 3.20. The van der Waals surface area contributed by atoms with Gasteiger partial charge in [0.2, 0.25) is 23.6 Å². The summed E-state index contributed by atoms with van der Waals surface area (Å²) in [5.41, 5.74) is 5.52. The molecule has 0 bridgehead atoms. The van der Waals surface area contributed by atoms with Gasteiger partial charge in [0, 0.05) is 7.05 Å². The number of carbonyl (C=O) groups is 1. The molecule has 10 heteroatoms. The van der Waals surface area contributed by atoms with Crippen molar-refractivity contribution in [3.05, 3.63) is 12.0 Å². The Labute approximate surface area is 144 Å². The molecular weight excluding hydrogens is 328 g/mol. The zero-order chi connectivity index (χ0) is 18.0. The Balaban J connectivity index is 2.04. The van der Waals surface area contributed by atoms with Crippen molar-refractivity contribution < 1.29 is 18.7 Å². The molecule has 0 aromatic carbocycles. The highest BCUT2D eigenvalue weighted by molar-refractivity contribution is 5.91. The minimum atomic E-state index is -0.697. The molecule has 134 valence electrons. The molecule has 0 saturated carbocycles. The van der Waals surface area contributed by atoms with E-state index in [1.807, 2.05) is 11.9 Å². The lowest BCUT2D eigenvalue weighted by atomic mass is 10.3. The number of nitrogens with two attached hydrogens (primary N) is 1. The van der Waals surface area contributed by atoms with Crippen molar-refractivity contribution in [2.24, 2.45) is 5.73 Å². The molecule has 0 radical (unpaired) electrons. The number of aromatic nitrogens is 3. The minimum Gasteiger partial charge on any atom is -0.480 e. The van der Waals surface area contributed by atoms with E-state index in [1.165, 1.54) is 20.5 Å². The number of rotatable bonds is 6. The van der Waals surface area contributed by atoms with Crippen molar-refractivity contribution in [2.75, 3.05) is 32.7 Å². The van der Waals surface area contributed by atoms with Gasteiger partial charge in [-0.05, 0) is 19.4 Å². The summed E-state index contributed by atoms with van der Waals surface area (Å²) in [5.74, 6) is 0.292. The van der Waals surface area contributed by atoms with Crippen LogP contribution < -0.4 is 25.4 Å². The maximum atomic E-state index is 11.2. The van der Waals surface area contributed by atoms with E-state index in [0.29, 0.717) is 11.5 Å². The van der Waals surface area contributed by atoms with Gasteiger partial charge in [-0.3, -0.25) is 10.1 Å². The van der Waals surface area contributed by atoms with Gasteiger partial charge >= 0.3 is 0 Å². The smallest absolute Gasteiger partial charge is 0.270 e. The number of anilines is 1. The van der Waals surface area contributed by atoms with Crippen molar-refractivity contribution in [1.29, 1.82) is 0 Å². The van der Waals surface area contributed by atoms with Crippen LogP contribution in [0.2, 0.25) is 0 Å². The summed E-state index contributed by atoms with van der Waals surface area (Å²) in [4.78, 5) is 26.1. The van der Waals surface area contributed by atoms with Crippen LogP contribution in [0.1, 0.15) is 23.3 Å². The number of primary amides is 1. The highest BCUT2D eigenvalue weighted by Gasteiger charge is 2.27. The van der Waals surface area contributed by atoms with Crippen LogP contribution in [-0.2, 0) is 0 Å². The van der Waals surface area contributed by atoms with E-state index in [2.05, 4.69) is 20.3 Å². The first-order valence-electron chi connectivity index (χ1n) is 7.77. The molecule has 0 spiro atoms. The molecule has 3 rings (SSSR count). The van der Waals surface area contributed by atoms with E-state index < -0.39 is 5.91 Å². The van der Waals surface area contributed by atoms with E-state index in [4.69, 9.17) is 19.6 Å². The van der Waals surface area contributed by atoms with E-state index >= 15 is 0 Å². The lowest BCUT2D eigenvalue weighted by Gasteiger charge is -2.25. The molecule has 0 aliphatic carbocycles. The van der Waals surface area contributed by atoms with Crippen molar-refractivity contribution in [2.45, 2.75) is 19.0 Å². The highest BCUT2D eigenvalue weighted by atomic mass is 16.5. The summed E-state index contributed by atoms with van der Waals surface area (Å²) < 4.78 is 16.1. The summed E-state index contributed by atoms with van der Waals surface area (Å²) in [6, 6.07) is 0. The minimum absolute atomic E-state index is 0.00421. The molecule has 1 aliphatic rings. The van der Waals surface area contributed by atoms with Gasteiger partial charge in [-0.1, -0.05) is 0 Å². The van der Waals surface area contributed by atoms with E-state index in [-0.39, 0.29) is 29.5 Å². The van der Waals surface area contributed by atoms with Crippen LogP contribution in [0.5, 0.6) is 11.8 Å². The van der Waals surface area contributed by atoms with Gasteiger partial charge in [-0.15, -0.1) is 0 Å². The molecule has 1 amide bonds. The molecule has 1 saturated heterocycles. The van der Waals surface area contributed by atoms with Crippen molar-refractivity contribution in [3.8, 4) is 23.2 Å². The summed E-state index contributed by atoms with van der Waals surface area (Å²) in [6.07, 6.45) is 3.39. The Bertz CT molecular complexity index is 746. The molecule has 3 heterocycles. The Morgan fingerprint density at radius 3 is 2.48 bits per heavy atom. The summed E-state index contributed by atoms with van der Waals surface area (Å²) in [7, 11) is 4.84. The van der Waals surface area contributed by atoms with Gasteiger partial charge in [-0.2, -0.15) is 9.97 Å². The first-order chi connectivity index (χ1) is 12.0. The molecule has 1 fully saturated rings. The Morgan fingerprint density at radius 2 is 2.00 bits per heavy atom. The number of amides is 1. The fourth-order valence-corrected chi connectivity index (χ4v) is 2.68. The standard InChI is InChI=1S/C15H20N6O4/c1-21(9-5-4-6-17-9)15-19-12(23-2)10(13(20-15)24-3)14-18-8(7-25-14)11(16)22/h7,9,17H,4-6H2,1-3H3,(H2,16,22). The fraction of sp³-hybridized carbons (Fsp3) is 0.467. The van der Waals surface area contributed by atoms with Crippen LogP contribution in [0, 0.1) is 0 Å². The van der Waals surface area contributed by atoms with Crippen LogP contribution >= 0.6 is 0 Å². The number of nitrogens with zero attached hydrogens (tertiary/aromatic N) is 4. The van der Waals surface area contributed by atoms with Gasteiger partial charge in [-0.25, -0.2) is 4.98 Å². The van der Waals surface area contributed by atoms with E-state index in [1.54, 1.807) is 0 Å². The van der Waals surface area contributed by atoms with Gasteiger partial charge in [0.25, 0.3) is 5.91 Å². The van der Waals surface area contributed by atoms with Crippen molar-refractivity contribution >= 4 is 11.9 Å². The van der Waals surface area contributed by atoms with E-state index in [0.717, 1.165) is 19.4 Å². The number of methoxy groups -OCH3 is 2. The number of hydrogen-bond donors (Lipinski definition) is 2. The Hall–Kier alpha value is -2.88. The molecule has 3 N–H and O–H groups in total. The monoisotopic (exact) mass is 348 g/mol. The maximum absolute atomic E-state index is 11.2. The number of hydrogen-bond acceptors (Lipinski definition) is 9. The molecule has 10 nitrogen and oxygen atoms in total. The van der Waals surface area contributed by atoms with Crippen molar-refractivity contribution in [3.63, 3.8) is 0 Å². The number of carbonyl (C=O) groups excluding carboxylic acids is 1. The highest BCUT2D eigenvalue weighted by Crippen LogP contribution is 2.37. The second-order valence-electron chi connectivity index (χ2n) is 5.54. The predicted octanol–water partition coefficient (Wildman–Crippen LogP) is 0.393. The molecule has 2 aromatic rings. The molecular formula is C15H20N6O4. The fourth-order valence-electron chi connectivity index (χ4n) is 2.68. The normalized spacial score (nSPS) is 16.7. The van der Waals surface area contributed by atoms with Crippen LogP contribution in [0.25, 0.3) is 11.5 Å². The number of nitrogens with one attached hydrogen (secondary N) is 1. The average molecular weight is 348 g/mol. The van der Waals surface area contributed by atoms with Crippen LogP contribution in [0.3, 0.4) is 0 Å². The maximum Gasteiger partial charge on any atom is 0.270 e. The van der Waals surface area contributed by atoms with Crippen LogP contribution in [0.15, 0.2) is 10.7 Å². The quantitative estimate of drug-likeness (QED) is 0.761. The second kappa shape index (κ2) is 6.93. The predicted molar refractivity (Wildman–Crippen MR) is 88.6 cm³/mol. The van der Waals surface area contributed by atoms with Crippen LogP contribution in [-0.4, -0.2) is 54.8 Å². The molecule has 25 heavy (non-hydrogen) atoms. The van der Waals surface area contributed by atoms with Gasteiger partial charge < -0.3 is 24.5 Å². The SMILES string of the molecule is COc1nc(N(C)C2CCCN2)nc(OC)c1-c1nc(C(N)=O)co1. The van der Waals surface area contributed by atoms with Gasteiger partial charge in [0.15, 0.2) is 11.3 Å². The third-order valence-corrected chi connectivity index (χ3v) is 4.01. The molecule has 2 aromatic heterocycles. The zero-order valence-electron chi connectivity index (χ0n) is 14.3. The lowest BCUT2D eigenvalue weighted by molar-refractivity contribution is 0.0995. The van der Waals surface area contributed by atoms with Crippen molar-refractivity contribution in [1.82, 2.24) is 20.3 Å². The van der Waals surface area contributed by atoms with Gasteiger partial charge in [0.05, 0.1) is 20.4 Å². The largest absolute Gasteiger partial charge is 0.480 e. The number of oxazole rings is 1. The van der Waals surface area contributed by atoms with Gasteiger partial charge in [0.1, 0.15) is 6.26 Å². The molecule has 1 unspecified atom stereocenters. The van der Waals surface area contributed by atoms with E-state index in [9.17, 15) is 4.79 Å². The first kappa shape index (κ1) is 17.0. The Kier molecular flexibility index (Phi) is 4.70. The first-order valence-corrected chi connectivity index (χ1v) is 7.77. The van der Waals surface area contributed by atoms with Crippen LogP contribution in [0.4, 0.5) is 5.95 Å². The molecule has 1 aliphatic heterocycles. The summed E-state index contributed by atoms with van der Waals surface area (Å²) >= 11 is 0. The summed E-state index contributed by atoms with van der Waals surface area (Å²) in [6.45, 7) is 0.952. The third-order valence-electron chi connectivity index (χ3n) is 4.01. The Morgan fingerprint density at radius 1 is 1.32 bits per heavy atom. The average Bonchev–Trinajstić information content (AvgIpc) is 3.31. The topological polar surface area (TPSA) is 129 Å². The summed E-state index contributed by atoms with van der Waals surface area (Å²) in [5, 5.41) is 3.37. The lowest BCUT2D eigenvalue weighted by Crippen LogP contribution is -2.40.